The quantitative estimate of drug-likeness (QED) is 0.772. The first-order valence-electron chi connectivity index (χ1n) is 8.48. The van der Waals surface area contributed by atoms with E-state index in [0.29, 0.717) is 19.1 Å². The Morgan fingerprint density at radius 2 is 2.04 bits per heavy atom. The van der Waals surface area contributed by atoms with Crippen LogP contribution >= 0.6 is 0 Å². The van der Waals surface area contributed by atoms with Crippen molar-refractivity contribution in [1.29, 1.82) is 0 Å². The molecule has 4 nitrogen and oxygen atoms in total. The van der Waals surface area contributed by atoms with E-state index < -0.39 is 0 Å². The zero-order chi connectivity index (χ0) is 16.7. The van der Waals surface area contributed by atoms with Gasteiger partial charge < -0.3 is 9.80 Å². The number of benzene rings is 1. The molecular formula is C19H29N3O. The van der Waals surface area contributed by atoms with Gasteiger partial charge in [0.15, 0.2) is 0 Å². The average molecular weight is 315 g/mol. The third-order valence-corrected chi connectivity index (χ3v) is 4.51. The van der Waals surface area contributed by atoms with E-state index in [4.69, 9.17) is 0 Å². The zero-order valence-corrected chi connectivity index (χ0v) is 14.6. The summed E-state index contributed by atoms with van der Waals surface area (Å²) in [5.74, 6) is 0.226. The van der Waals surface area contributed by atoms with Gasteiger partial charge in [-0.2, -0.15) is 0 Å². The number of amides is 1. The van der Waals surface area contributed by atoms with Crippen molar-refractivity contribution < 1.29 is 4.79 Å². The first kappa shape index (κ1) is 17.7. The van der Waals surface area contributed by atoms with E-state index in [1.807, 2.05) is 30.0 Å². The molecule has 0 spiro atoms. The van der Waals surface area contributed by atoms with Crippen LogP contribution in [0.15, 0.2) is 36.4 Å². The van der Waals surface area contributed by atoms with Crippen molar-refractivity contribution in [3.8, 4) is 0 Å². The number of likely N-dealkylation sites (tertiary alicyclic amines) is 1. The van der Waals surface area contributed by atoms with Crippen LogP contribution < -0.4 is 0 Å². The molecule has 23 heavy (non-hydrogen) atoms. The Morgan fingerprint density at radius 3 is 2.65 bits per heavy atom. The molecule has 1 aromatic rings. The summed E-state index contributed by atoms with van der Waals surface area (Å²) < 4.78 is 0. The maximum atomic E-state index is 12.5. The molecule has 1 amide bonds. The molecule has 0 saturated carbocycles. The van der Waals surface area contributed by atoms with Gasteiger partial charge in [0.25, 0.3) is 0 Å². The maximum Gasteiger partial charge on any atom is 0.237 e. The molecule has 0 aliphatic carbocycles. The predicted molar refractivity (Wildman–Crippen MR) is 96.3 cm³/mol. The summed E-state index contributed by atoms with van der Waals surface area (Å²) in [4.78, 5) is 18.9. The summed E-state index contributed by atoms with van der Waals surface area (Å²) in [5, 5.41) is 0. The van der Waals surface area contributed by atoms with Crippen LogP contribution in [0.2, 0.25) is 0 Å². The lowest BCUT2D eigenvalue weighted by molar-refractivity contribution is -0.131. The summed E-state index contributed by atoms with van der Waals surface area (Å²) in [6, 6.07) is 10.8. The molecule has 0 aromatic heterocycles. The van der Waals surface area contributed by atoms with E-state index >= 15 is 0 Å². The smallest absolute Gasteiger partial charge is 0.237 e. The summed E-state index contributed by atoms with van der Waals surface area (Å²) in [5.41, 5.74) is 1.17. The minimum Gasteiger partial charge on any atom is -0.338 e. The van der Waals surface area contributed by atoms with Crippen molar-refractivity contribution in [2.75, 3.05) is 46.8 Å². The lowest BCUT2D eigenvalue weighted by Gasteiger charge is -2.24. The zero-order valence-electron chi connectivity index (χ0n) is 14.6. The van der Waals surface area contributed by atoms with E-state index in [9.17, 15) is 4.79 Å². The van der Waals surface area contributed by atoms with Crippen LogP contribution in [0.3, 0.4) is 0 Å². The minimum atomic E-state index is 0.226. The third-order valence-electron chi connectivity index (χ3n) is 4.51. The molecular weight excluding hydrogens is 286 g/mol. The Morgan fingerprint density at radius 1 is 1.30 bits per heavy atom. The fourth-order valence-corrected chi connectivity index (χ4v) is 2.96. The second kappa shape index (κ2) is 8.85. The molecule has 1 fully saturated rings. The van der Waals surface area contributed by atoms with Crippen LogP contribution in [0.1, 0.15) is 18.9 Å². The highest BCUT2D eigenvalue weighted by molar-refractivity contribution is 5.78. The highest BCUT2D eigenvalue weighted by atomic mass is 16.2. The van der Waals surface area contributed by atoms with E-state index in [0.717, 1.165) is 26.1 Å². The Labute approximate surface area is 140 Å². The number of hydrogen-bond acceptors (Lipinski definition) is 3. The molecule has 0 bridgehead atoms. The van der Waals surface area contributed by atoms with Crippen LogP contribution in [-0.4, -0.2) is 73.5 Å². The lowest BCUT2D eigenvalue weighted by atomic mass is 10.2. The van der Waals surface area contributed by atoms with E-state index in [1.165, 1.54) is 5.56 Å². The number of hydrogen-bond donors (Lipinski definition) is 0. The lowest BCUT2D eigenvalue weighted by Crippen LogP contribution is -2.40. The topological polar surface area (TPSA) is 26.8 Å². The number of carbonyl (C=O) groups excluding carboxylic acids is 1. The van der Waals surface area contributed by atoms with Crippen molar-refractivity contribution in [3.05, 3.63) is 42.0 Å². The molecule has 2 rings (SSSR count). The largest absolute Gasteiger partial charge is 0.338 e. The Hall–Kier alpha value is -1.65. The first-order chi connectivity index (χ1) is 11.1. The van der Waals surface area contributed by atoms with Crippen molar-refractivity contribution in [2.24, 2.45) is 0 Å². The average Bonchev–Trinajstić information content (AvgIpc) is 3.01. The van der Waals surface area contributed by atoms with E-state index in [1.54, 1.807) is 0 Å². The van der Waals surface area contributed by atoms with Gasteiger partial charge in [-0.1, -0.05) is 42.5 Å². The number of rotatable bonds is 7. The molecule has 4 heteroatoms. The Kier molecular flexibility index (Phi) is 6.81. The van der Waals surface area contributed by atoms with Crippen molar-refractivity contribution >= 4 is 12.0 Å². The number of nitrogens with zero attached hydrogens (tertiary/aromatic N) is 3. The first-order valence-corrected chi connectivity index (χ1v) is 8.48. The van der Waals surface area contributed by atoms with Crippen molar-refractivity contribution in [1.82, 2.24) is 14.7 Å². The molecule has 1 saturated heterocycles. The summed E-state index contributed by atoms with van der Waals surface area (Å²) in [6.45, 7) is 6.03. The van der Waals surface area contributed by atoms with Gasteiger partial charge in [0.05, 0.1) is 6.54 Å². The fraction of sp³-hybridized carbons (Fsp3) is 0.526. The van der Waals surface area contributed by atoms with Crippen LogP contribution in [-0.2, 0) is 4.79 Å². The summed E-state index contributed by atoms with van der Waals surface area (Å²) >= 11 is 0. The second-order valence-corrected chi connectivity index (χ2v) is 6.39. The van der Waals surface area contributed by atoms with Gasteiger partial charge in [0.1, 0.15) is 0 Å². The van der Waals surface area contributed by atoms with Gasteiger partial charge in [-0.15, -0.1) is 0 Å². The van der Waals surface area contributed by atoms with Crippen molar-refractivity contribution in [2.45, 2.75) is 19.4 Å². The Bertz CT molecular complexity index is 513. The highest BCUT2D eigenvalue weighted by Gasteiger charge is 2.26. The molecule has 1 aromatic carbocycles. The summed E-state index contributed by atoms with van der Waals surface area (Å²) in [6.07, 6.45) is 5.30. The molecule has 126 valence electrons. The maximum absolute atomic E-state index is 12.5. The van der Waals surface area contributed by atoms with Crippen LogP contribution in [0.25, 0.3) is 6.08 Å². The summed E-state index contributed by atoms with van der Waals surface area (Å²) in [7, 11) is 4.23. The van der Waals surface area contributed by atoms with Gasteiger partial charge in [-0.25, -0.2) is 0 Å². The van der Waals surface area contributed by atoms with Gasteiger partial charge in [0, 0.05) is 32.2 Å². The molecule has 1 unspecified atom stereocenters. The Balaban J connectivity index is 1.81. The monoisotopic (exact) mass is 315 g/mol. The normalized spacial score (nSPS) is 18.9. The van der Waals surface area contributed by atoms with Crippen molar-refractivity contribution in [3.63, 3.8) is 0 Å². The van der Waals surface area contributed by atoms with Gasteiger partial charge >= 0.3 is 0 Å². The standard InChI is InChI=1S/C19H29N3O/c1-4-22(13-8-11-17-9-6-5-7-10-17)19(23)16-21-14-12-18(15-21)20(2)3/h5-11,18H,4,12-16H2,1-3H3. The molecule has 1 aliphatic heterocycles. The van der Waals surface area contributed by atoms with E-state index in [2.05, 4.69) is 48.2 Å². The number of carbonyl (C=O) groups is 1. The molecule has 0 radical (unpaired) electrons. The molecule has 1 aliphatic rings. The van der Waals surface area contributed by atoms with Gasteiger partial charge in [-0.3, -0.25) is 9.69 Å². The molecule has 0 N–H and O–H groups in total. The fourth-order valence-electron chi connectivity index (χ4n) is 2.96. The predicted octanol–water partition coefficient (Wildman–Crippen LogP) is 2.18. The number of likely N-dealkylation sites (N-methyl/N-ethyl adjacent to an activating group) is 2. The van der Waals surface area contributed by atoms with E-state index in [-0.39, 0.29) is 5.91 Å². The van der Waals surface area contributed by atoms with Crippen LogP contribution in [0.5, 0.6) is 0 Å². The third kappa shape index (κ3) is 5.48. The minimum absolute atomic E-state index is 0.226. The van der Waals surface area contributed by atoms with Crippen LogP contribution in [0, 0.1) is 0 Å². The van der Waals surface area contributed by atoms with Gasteiger partial charge in [0.2, 0.25) is 5.91 Å². The van der Waals surface area contributed by atoms with Gasteiger partial charge in [-0.05, 0) is 33.0 Å². The molecule has 1 heterocycles. The second-order valence-electron chi connectivity index (χ2n) is 6.39. The SMILES string of the molecule is CCN(CC=Cc1ccccc1)C(=O)CN1CCC(N(C)C)C1. The van der Waals surface area contributed by atoms with Crippen LogP contribution in [0.4, 0.5) is 0 Å². The molecule has 1 atom stereocenters. The highest BCUT2D eigenvalue weighted by Crippen LogP contribution is 2.13.